The molecule has 0 aliphatic carbocycles. The van der Waals surface area contributed by atoms with E-state index in [4.69, 9.17) is 16.3 Å². The molecule has 2 aromatic rings. The fourth-order valence-electron chi connectivity index (χ4n) is 2.95. The van der Waals surface area contributed by atoms with Crippen molar-refractivity contribution in [2.75, 3.05) is 18.4 Å². The summed E-state index contributed by atoms with van der Waals surface area (Å²) >= 11 is 6.03. The molecule has 1 saturated heterocycles. The molecule has 6 heteroatoms. The summed E-state index contributed by atoms with van der Waals surface area (Å²) in [4.78, 5) is 18.1. The summed E-state index contributed by atoms with van der Waals surface area (Å²) in [7, 11) is 0. The summed E-state index contributed by atoms with van der Waals surface area (Å²) in [5.41, 5.74) is 1.94. The predicted molar refractivity (Wildman–Crippen MR) is 96.6 cm³/mol. The van der Waals surface area contributed by atoms with Gasteiger partial charge in [0.2, 0.25) is 0 Å². The summed E-state index contributed by atoms with van der Waals surface area (Å²) in [5, 5.41) is 5.32. The summed E-state index contributed by atoms with van der Waals surface area (Å²) in [6.45, 7) is 5.15. The molecule has 0 unspecified atom stereocenters. The van der Waals surface area contributed by atoms with Crippen LogP contribution in [-0.2, 0) is 4.74 Å². The van der Waals surface area contributed by atoms with Gasteiger partial charge in [-0.2, -0.15) is 0 Å². The quantitative estimate of drug-likeness (QED) is 0.898. The van der Waals surface area contributed by atoms with E-state index < -0.39 is 0 Å². The number of hydrogen-bond acceptors (Lipinski definition) is 4. The fraction of sp³-hybridized carbons (Fsp3) is 0.444. The Morgan fingerprint density at radius 1 is 1.33 bits per heavy atom. The van der Waals surface area contributed by atoms with Gasteiger partial charge in [-0.1, -0.05) is 11.6 Å². The van der Waals surface area contributed by atoms with Crippen LogP contribution < -0.4 is 5.32 Å². The average molecular weight is 348 g/mol. The van der Waals surface area contributed by atoms with Crippen LogP contribution in [-0.4, -0.2) is 41.2 Å². The highest BCUT2D eigenvalue weighted by Gasteiger charge is 2.24. The predicted octanol–water partition coefficient (Wildman–Crippen LogP) is 4.31. The van der Waals surface area contributed by atoms with Crippen molar-refractivity contribution in [1.29, 1.82) is 0 Å². The highest BCUT2D eigenvalue weighted by atomic mass is 35.5. The van der Waals surface area contributed by atoms with Crippen molar-refractivity contribution >= 4 is 34.3 Å². The Balaban J connectivity index is 1.63. The van der Waals surface area contributed by atoms with Crippen LogP contribution in [0, 0.1) is 0 Å². The number of aromatic nitrogens is 1. The van der Waals surface area contributed by atoms with E-state index in [1.54, 1.807) is 11.1 Å². The topological polar surface area (TPSA) is 54.5 Å². The number of carbonyl (C=O) groups is 1. The van der Waals surface area contributed by atoms with Gasteiger partial charge in [0, 0.05) is 41.4 Å². The third-order valence-electron chi connectivity index (χ3n) is 4.15. The van der Waals surface area contributed by atoms with E-state index in [0.29, 0.717) is 24.2 Å². The lowest BCUT2D eigenvalue weighted by atomic mass is 10.0. The van der Waals surface area contributed by atoms with E-state index in [9.17, 15) is 4.79 Å². The van der Waals surface area contributed by atoms with Crippen LogP contribution in [0.5, 0.6) is 0 Å². The van der Waals surface area contributed by atoms with Gasteiger partial charge in [0.1, 0.15) is 0 Å². The third kappa shape index (κ3) is 3.90. The molecule has 2 heterocycles. The lowest BCUT2D eigenvalue weighted by Gasteiger charge is -2.32. The number of piperidine rings is 1. The smallest absolute Gasteiger partial charge is 0.410 e. The van der Waals surface area contributed by atoms with Crippen molar-refractivity contribution in [3.63, 3.8) is 0 Å². The van der Waals surface area contributed by atoms with Gasteiger partial charge in [-0.05, 0) is 51.0 Å². The second-order valence-corrected chi connectivity index (χ2v) is 6.79. The number of benzene rings is 1. The van der Waals surface area contributed by atoms with Crippen LogP contribution in [0.15, 0.2) is 30.5 Å². The minimum Gasteiger partial charge on any atom is -0.447 e. The normalized spacial score (nSPS) is 15.8. The molecular formula is C18H22ClN3O2. The van der Waals surface area contributed by atoms with Crippen LogP contribution in [0.1, 0.15) is 26.7 Å². The van der Waals surface area contributed by atoms with Crippen molar-refractivity contribution in [3.05, 3.63) is 35.5 Å². The molecule has 1 aromatic heterocycles. The molecule has 5 nitrogen and oxygen atoms in total. The zero-order chi connectivity index (χ0) is 17.1. The molecule has 3 rings (SSSR count). The van der Waals surface area contributed by atoms with Crippen LogP contribution in [0.2, 0.25) is 5.02 Å². The van der Waals surface area contributed by atoms with E-state index in [1.807, 2.05) is 38.1 Å². The molecule has 0 spiro atoms. The molecule has 128 valence electrons. The van der Waals surface area contributed by atoms with Gasteiger partial charge in [0.25, 0.3) is 0 Å². The molecule has 1 N–H and O–H groups in total. The van der Waals surface area contributed by atoms with Crippen molar-refractivity contribution in [1.82, 2.24) is 9.88 Å². The molecule has 0 radical (unpaired) electrons. The van der Waals surface area contributed by atoms with E-state index in [1.165, 1.54) is 0 Å². The van der Waals surface area contributed by atoms with E-state index in [0.717, 1.165) is 29.4 Å². The first-order valence-electron chi connectivity index (χ1n) is 8.29. The summed E-state index contributed by atoms with van der Waals surface area (Å²) in [6, 6.07) is 8.04. The van der Waals surface area contributed by atoms with Gasteiger partial charge in [-0.3, -0.25) is 4.98 Å². The Bertz CT molecular complexity index is 727. The van der Waals surface area contributed by atoms with Crippen LogP contribution in [0.4, 0.5) is 10.5 Å². The number of rotatable bonds is 3. The minimum atomic E-state index is -0.215. The first-order valence-corrected chi connectivity index (χ1v) is 8.67. The van der Waals surface area contributed by atoms with Gasteiger partial charge in [-0.15, -0.1) is 0 Å². The molecule has 1 aliphatic heterocycles. The number of amides is 1. The Morgan fingerprint density at radius 2 is 2.08 bits per heavy atom. The Morgan fingerprint density at radius 3 is 2.79 bits per heavy atom. The second kappa shape index (κ2) is 7.26. The first kappa shape index (κ1) is 16.8. The number of nitrogens with zero attached hydrogens (tertiary/aromatic N) is 2. The third-order valence-corrected chi connectivity index (χ3v) is 4.39. The SMILES string of the molecule is CC(C)OC(=O)N1CCC(Nc2ccnc3cc(Cl)ccc23)CC1. The maximum atomic E-state index is 11.9. The summed E-state index contributed by atoms with van der Waals surface area (Å²) < 4.78 is 5.26. The lowest BCUT2D eigenvalue weighted by molar-refractivity contribution is 0.0701. The highest BCUT2D eigenvalue weighted by Crippen LogP contribution is 2.26. The van der Waals surface area contributed by atoms with Crippen molar-refractivity contribution in [3.8, 4) is 0 Å². The second-order valence-electron chi connectivity index (χ2n) is 6.36. The molecule has 0 saturated carbocycles. The van der Waals surface area contributed by atoms with Crippen molar-refractivity contribution in [2.45, 2.75) is 38.8 Å². The minimum absolute atomic E-state index is 0.0802. The molecule has 1 amide bonds. The highest BCUT2D eigenvalue weighted by molar-refractivity contribution is 6.31. The number of likely N-dealkylation sites (tertiary alicyclic amines) is 1. The number of anilines is 1. The molecule has 0 atom stereocenters. The van der Waals surface area contributed by atoms with E-state index in [2.05, 4.69) is 10.3 Å². The lowest BCUT2D eigenvalue weighted by Crippen LogP contribution is -2.43. The Labute approximate surface area is 146 Å². The number of halogens is 1. The van der Waals surface area contributed by atoms with Gasteiger partial charge >= 0.3 is 6.09 Å². The van der Waals surface area contributed by atoms with Gasteiger partial charge in [0.05, 0.1) is 11.6 Å². The largest absolute Gasteiger partial charge is 0.447 e. The first-order chi connectivity index (χ1) is 11.5. The number of fused-ring (bicyclic) bond motifs is 1. The summed E-state index contributed by atoms with van der Waals surface area (Å²) in [5.74, 6) is 0. The number of hydrogen-bond donors (Lipinski definition) is 1. The number of ether oxygens (including phenoxy) is 1. The molecule has 24 heavy (non-hydrogen) atoms. The zero-order valence-electron chi connectivity index (χ0n) is 14.0. The van der Waals surface area contributed by atoms with Gasteiger partial charge in [-0.25, -0.2) is 4.79 Å². The average Bonchev–Trinajstić information content (AvgIpc) is 2.55. The van der Waals surface area contributed by atoms with Crippen LogP contribution in [0.25, 0.3) is 10.9 Å². The molecular weight excluding hydrogens is 326 g/mol. The number of nitrogens with one attached hydrogen (secondary N) is 1. The Kier molecular flexibility index (Phi) is 5.09. The van der Waals surface area contributed by atoms with E-state index >= 15 is 0 Å². The maximum absolute atomic E-state index is 11.9. The maximum Gasteiger partial charge on any atom is 0.410 e. The fourth-order valence-corrected chi connectivity index (χ4v) is 3.12. The molecule has 1 aliphatic rings. The van der Waals surface area contributed by atoms with Crippen molar-refractivity contribution < 1.29 is 9.53 Å². The zero-order valence-corrected chi connectivity index (χ0v) is 14.7. The molecule has 0 bridgehead atoms. The standard InChI is InChI=1S/C18H22ClN3O2/c1-12(2)24-18(23)22-9-6-14(7-10-22)21-16-5-8-20-17-11-13(19)3-4-15(16)17/h3-5,8,11-12,14H,6-7,9-10H2,1-2H3,(H,20,21). The molecule has 1 aromatic carbocycles. The molecule has 1 fully saturated rings. The van der Waals surface area contributed by atoms with Gasteiger partial charge < -0.3 is 15.0 Å². The van der Waals surface area contributed by atoms with Crippen molar-refractivity contribution in [2.24, 2.45) is 0 Å². The number of pyridine rings is 1. The van der Waals surface area contributed by atoms with Gasteiger partial charge in [0.15, 0.2) is 0 Å². The monoisotopic (exact) mass is 347 g/mol. The Hall–Kier alpha value is -2.01. The van der Waals surface area contributed by atoms with E-state index in [-0.39, 0.29) is 12.2 Å². The van der Waals surface area contributed by atoms with Crippen LogP contribution >= 0.6 is 11.6 Å². The summed E-state index contributed by atoms with van der Waals surface area (Å²) in [6.07, 6.45) is 3.28. The number of carbonyl (C=O) groups excluding carboxylic acids is 1. The van der Waals surface area contributed by atoms with Crippen LogP contribution in [0.3, 0.4) is 0 Å².